The molecule has 2 saturated carbocycles. The first kappa shape index (κ1) is 15.8. The summed E-state index contributed by atoms with van der Waals surface area (Å²) in [5, 5.41) is 19.7. The van der Waals surface area contributed by atoms with Crippen molar-refractivity contribution in [2.24, 2.45) is 16.7 Å². The average Bonchev–Trinajstić information content (AvgIpc) is 2.75. The molecule has 5 nitrogen and oxygen atoms in total. The molecule has 1 aliphatic heterocycles. The SMILES string of the molecule is O=C1N([C@@H](CO)c2ccccc2)C(=O)[C@@]23CCCC[C@@]12C[C@H]3CO. The number of carbonyl (C=O) groups is 2. The van der Waals surface area contributed by atoms with Gasteiger partial charge in [-0.3, -0.25) is 14.5 Å². The van der Waals surface area contributed by atoms with Gasteiger partial charge in [-0.1, -0.05) is 43.2 Å². The molecule has 5 heteroatoms. The summed E-state index contributed by atoms with van der Waals surface area (Å²) in [6.45, 7) is -0.332. The standard InChI is InChI=1S/C19H23NO4/c21-11-14-10-18-8-4-5-9-19(14,18)17(24)20(16(18)23)15(12-22)13-6-2-1-3-7-13/h1-3,6-7,14-15,21-22H,4-5,8-12H2/t14-,15-,18+,19-/m0/s1. The predicted octanol–water partition coefficient (Wildman–Crippen LogP) is 1.65. The lowest BCUT2D eigenvalue weighted by Crippen LogP contribution is -2.63. The Labute approximate surface area is 141 Å². The van der Waals surface area contributed by atoms with Crippen LogP contribution in [0.5, 0.6) is 0 Å². The van der Waals surface area contributed by atoms with Gasteiger partial charge in [0.05, 0.1) is 23.5 Å². The van der Waals surface area contributed by atoms with E-state index in [1.54, 1.807) is 0 Å². The van der Waals surface area contributed by atoms with Crippen molar-refractivity contribution < 1.29 is 19.8 Å². The highest BCUT2D eigenvalue weighted by atomic mass is 16.3. The Hall–Kier alpha value is -1.72. The van der Waals surface area contributed by atoms with Crippen LogP contribution in [0.25, 0.3) is 0 Å². The van der Waals surface area contributed by atoms with Crippen LogP contribution >= 0.6 is 0 Å². The molecule has 0 unspecified atom stereocenters. The Bertz CT molecular complexity index is 675. The van der Waals surface area contributed by atoms with Crippen LogP contribution in [-0.4, -0.2) is 40.1 Å². The summed E-state index contributed by atoms with van der Waals surface area (Å²) in [6, 6.07) is 8.60. The molecule has 0 spiro atoms. The molecule has 1 heterocycles. The molecule has 2 amide bonds. The van der Waals surface area contributed by atoms with Gasteiger partial charge in [0.2, 0.25) is 11.8 Å². The van der Waals surface area contributed by atoms with Crippen molar-refractivity contribution in [2.45, 2.75) is 38.1 Å². The van der Waals surface area contributed by atoms with Crippen molar-refractivity contribution in [3.63, 3.8) is 0 Å². The van der Waals surface area contributed by atoms with Gasteiger partial charge < -0.3 is 10.2 Å². The van der Waals surface area contributed by atoms with Gasteiger partial charge in [0.25, 0.3) is 0 Å². The summed E-state index contributed by atoms with van der Waals surface area (Å²) in [4.78, 5) is 27.9. The highest BCUT2D eigenvalue weighted by Gasteiger charge is 2.79. The van der Waals surface area contributed by atoms with Gasteiger partial charge in [0.15, 0.2) is 0 Å². The number of carbonyl (C=O) groups excluding carboxylic acids is 2. The van der Waals surface area contributed by atoms with E-state index < -0.39 is 16.9 Å². The maximum Gasteiger partial charge on any atom is 0.237 e. The molecule has 1 aromatic rings. The second kappa shape index (κ2) is 5.39. The lowest BCUT2D eigenvalue weighted by molar-refractivity contribution is -0.183. The van der Waals surface area contributed by atoms with Gasteiger partial charge in [0, 0.05) is 6.61 Å². The minimum absolute atomic E-state index is 0.0518. The number of aliphatic hydroxyl groups excluding tert-OH is 2. The van der Waals surface area contributed by atoms with E-state index >= 15 is 0 Å². The number of aliphatic hydroxyl groups is 2. The predicted molar refractivity (Wildman–Crippen MR) is 86.6 cm³/mol. The highest BCUT2D eigenvalue weighted by Crippen LogP contribution is 2.72. The first-order chi connectivity index (χ1) is 11.6. The van der Waals surface area contributed by atoms with Crippen molar-refractivity contribution in [3.05, 3.63) is 35.9 Å². The van der Waals surface area contributed by atoms with E-state index in [4.69, 9.17) is 0 Å². The molecule has 0 bridgehead atoms. The summed E-state index contributed by atoms with van der Waals surface area (Å²) in [7, 11) is 0. The Morgan fingerprint density at radius 3 is 2.46 bits per heavy atom. The fraction of sp³-hybridized carbons (Fsp3) is 0.579. The number of hydrogen-bond acceptors (Lipinski definition) is 4. The fourth-order valence-corrected chi connectivity index (χ4v) is 5.56. The summed E-state index contributed by atoms with van der Waals surface area (Å²) >= 11 is 0. The minimum atomic E-state index is -0.737. The molecule has 3 aliphatic rings. The zero-order chi connectivity index (χ0) is 16.9. The molecule has 4 rings (SSSR count). The van der Waals surface area contributed by atoms with Crippen LogP contribution in [0.4, 0.5) is 0 Å². The second-order valence-corrected chi connectivity index (χ2v) is 7.43. The Kier molecular flexibility index (Phi) is 3.55. The number of benzene rings is 1. The van der Waals surface area contributed by atoms with Crippen molar-refractivity contribution in [1.29, 1.82) is 0 Å². The molecule has 1 aromatic carbocycles. The summed E-state index contributed by atoms with van der Waals surface area (Å²) < 4.78 is 0. The molecule has 0 aromatic heterocycles. The van der Waals surface area contributed by atoms with Crippen LogP contribution in [0.1, 0.15) is 43.7 Å². The third kappa shape index (κ3) is 1.67. The first-order valence-electron chi connectivity index (χ1n) is 8.77. The summed E-state index contributed by atoms with van der Waals surface area (Å²) in [5.74, 6) is -0.449. The zero-order valence-corrected chi connectivity index (χ0v) is 13.6. The van der Waals surface area contributed by atoms with E-state index in [-0.39, 0.29) is 30.9 Å². The molecule has 2 aliphatic carbocycles. The van der Waals surface area contributed by atoms with Gasteiger partial charge in [-0.2, -0.15) is 0 Å². The van der Waals surface area contributed by atoms with Crippen LogP contribution in [0, 0.1) is 16.7 Å². The van der Waals surface area contributed by atoms with Crippen LogP contribution < -0.4 is 0 Å². The molecule has 2 N–H and O–H groups in total. The smallest absolute Gasteiger partial charge is 0.237 e. The summed E-state index contributed by atoms with van der Waals surface area (Å²) in [6.07, 6.45) is 3.85. The molecule has 1 saturated heterocycles. The van der Waals surface area contributed by atoms with Gasteiger partial charge in [-0.05, 0) is 30.7 Å². The summed E-state index contributed by atoms with van der Waals surface area (Å²) in [5.41, 5.74) is -0.606. The highest BCUT2D eigenvalue weighted by molar-refractivity contribution is 6.12. The number of imide groups is 1. The zero-order valence-electron chi connectivity index (χ0n) is 13.6. The monoisotopic (exact) mass is 329 g/mol. The van der Waals surface area contributed by atoms with Crippen LogP contribution in [0.3, 0.4) is 0 Å². The topological polar surface area (TPSA) is 77.8 Å². The third-order valence-corrected chi connectivity index (χ3v) is 6.69. The number of hydrogen-bond donors (Lipinski definition) is 2. The third-order valence-electron chi connectivity index (χ3n) is 6.69. The Balaban J connectivity index is 1.78. The lowest BCUT2D eigenvalue weighted by atomic mass is 9.40. The van der Waals surface area contributed by atoms with E-state index in [1.807, 2.05) is 30.3 Å². The Morgan fingerprint density at radius 2 is 1.79 bits per heavy atom. The maximum atomic E-state index is 13.4. The first-order valence-corrected chi connectivity index (χ1v) is 8.77. The van der Waals surface area contributed by atoms with Crippen molar-refractivity contribution in [3.8, 4) is 0 Å². The molecule has 128 valence electrons. The van der Waals surface area contributed by atoms with Gasteiger partial charge in [0.1, 0.15) is 0 Å². The van der Waals surface area contributed by atoms with Crippen LogP contribution in [0.15, 0.2) is 30.3 Å². The van der Waals surface area contributed by atoms with Crippen LogP contribution in [0.2, 0.25) is 0 Å². The number of amides is 2. The van der Waals surface area contributed by atoms with E-state index in [1.165, 1.54) is 4.90 Å². The molecular weight excluding hydrogens is 306 g/mol. The average molecular weight is 329 g/mol. The van der Waals surface area contributed by atoms with E-state index in [2.05, 4.69) is 0 Å². The number of nitrogens with zero attached hydrogens (tertiary/aromatic N) is 1. The number of likely N-dealkylation sites (tertiary alicyclic amines) is 1. The van der Waals surface area contributed by atoms with Gasteiger partial charge in [-0.25, -0.2) is 0 Å². The van der Waals surface area contributed by atoms with Gasteiger partial charge in [-0.15, -0.1) is 0 Å². The van der Waals surface area contributed by atoms with E-state index in [9.17, 15) is 19.8 Å². The van der Waals surface area contributed by atoms with Crippen molar-refractivity contribution >= 4 is 11.8 Å². The minimum Gasteiger partial charge on any atom is -0.396 e. The molecule has 24 heavy (non-hydrogen) atoms. The van der Waals surface area contributed by atoms with Gasteiger partial charge >= 0.3 is 0 Å². The van der Waals surface area contributed by atoms with Crippen molar-refractivity contribution in [1.82, 2.24) is 4.90 Å². The lowest BCUT2D eigenvalue weighted by Gasteiger charge is -2.59. The maximum absolute atomic E-state index is 13.4. The molecule has 0 radical (unpaired) electrons. The molecule has 4 atom stereocenters. The Morgan fingerprint density at radius 1 is 1.08 bits per heavy atom. The van der Waals surface area contributed by atoms with E-state index in [0.29, 0.717) is 12.8 Å². The molecular formula is C19H23NO4. The quantitative estimate of drug-likeness (QED) is 0.824. The van der Waals surface area contributed by atoms with Crippen molar-refractivity contribution in [2.75, 3.05) is 13.2 Å². The molecule has 3 fully saturated rings. The van der Waals surface area contributed by atoms with E-state index in [0.717, 1.165) is 24.8 Å². The number of rotatable bonds is 4. The normalized spacial score (nSPS) is 36.1. The largest absolute Gasteiger partial charge is 0.396 e. The van der Waals surface area contributed by atoms with Crippen LogP contribution in [-0.2, 0) is 9.59 Å². The second-order valence-electron chi connectivity index (χ2n) is 7.43. The fourth-order valence-electron chi connectivity index (χ4n) is 5.56.